The first-order valence-corrected chi connectivity index (χ1v) is 6.54. The van der Waals surface area contributed by atoms with E-state index in [9.17, 15) is 4.79 Å². The van der Waals surface area contributed by atoms with Gasteiger partial charge in [0.2, 0.25) is 5.78 Å². The lowest BCUT2D eigenvalue weighted by atomic mass is 10.1. The second-order valence-electron chi connectivity index (χ2n) is 4.38. The molecule has 2 rings (SSSR count). The number of aryl methyl sites for hydroxylation is 2. The van der Waals surface area contributed by atoms with E-state index >= 15 is 0 Å². The average molecular weight is 278 g/mol. The third kappa shape index (κ3) is 3.38. The van der Waals surface area contributed by atoms with Gasteiger partial charge in [-0.1, -0.05) is 18.5 Å². The molecule has 0 saturated carbocycles. The molecule has 1 aromatic carbocycles. The van der Waals surface area contributed by atoms with Gasteiger partial charge in [-0.05, 0) is 36.2 Å². The molecule has 1 aromatic heterocycles. The van der Waals surface area contributed by atoms with Crippen LogP contribution >= 0.6 is 11.6 Å². The molecule has 0 atom stereocenters. The SMILES string of the molecule is CCc1cc(OCC(=O)c2ccn(C)c2)ccc1Cl. The molecule has 4 heteroatoms. The number of hydrogen-bond donors (Lipinski definition) is 0. The molecule has 19 heavy (non-hydrogen) atoms. The second-order valence-corrected chi connectivity index (χ2v) is 4.79. The van der Waals surface area contributed by atoms with Crippen LogP contribution in [-0.2, 0) is 13.5 Å². The topological polar surface area (TPSA) is 31.2 Å². The van der Waals surface area contributed by atoms with Gasteiger partial charge in [-0.3, -0.25) is 4.79 Å². The van der Waals surface area contributed by atoms with Gasteiger partial charge in [0.1, 0.15) is 5.75 Å². The molecule has 0 spiro atoms. The Balaban J connectivity index is 2.01. The van der Waals surface area contributed by atoms with Crippen LogP contribution in [-0.4, -0.2) is 17.0 Å². The number of benzene rings is 1. The summed E-state index contributed by atoms with van der Waals surface area (Å²) in [5, 5.41) is 0.726. The number of ketones is 1. The Labute approximate surface area is 117 Å². The standard InChI is InChI=1S/C15H16ClNO2/c1-3-11-8-13(4-5-14(11)16)19-10-15(18)12-6-7-17(2)9-12/h4-9H,3,10H2,1-2H3. The zero-order valence-electron chi connectivity index (χ0n) is 11.0. The van der Waals surface area contributed by atoms with E-state index in [1.807, 2.05) is 30.8 Å². The third-order valence-corrected chi connectivity index (χ3v) is 3.29. The first-order valence-electron chi connectivity index (χ1n) is 6.16. The largest absolute Gasteiger partial charge is 0.485 e. The van der Waals surface area contributed by atoms with Crippen LogP contribution in [0.3, 0.4) is 0 Å². The number of carbonyl (C=O) groups is 1. The molecule has 0 fully saturated rings. The van der Waals surface area contributed by atoms with Crippen LogP contribution in [0.15, 0.2) is 36.7 Å². The highest BCUT2D eigenvalue weighted by Crippen LogP contribution is 2.22. The van der Waals surface area contributed by atoms with Gasteiger partial charge in [0.15, 0.2) is 6.61 Å². The molecule has 0 aliphatic heterocycles. The van der Waals surface area contributed by atoms with Crippen LogP contribution in [0, 0.1) is 0 Å². The maximum atomic E-state index is 11.9. The first-order chi connectivity index (χ1) is 9.10. The van der Waals surface area contributed by atoms with Gasteiger partial charge in [0.05, 0.1) is 0 Å². The molecule has 1 heterocycles. The van der Waals surface area contributed by atoms with Gasteiger partial charge in [0, 0.05) is 30.0 Å². The highest BCUT2D eigenvalue weighted by atomic mass is 35.5. The maximum absolute atomic E-state index is 11.9. The molecule has 3 nitrogen and oxygen atoms in total. The maximum Gasteiger partial charge on any atom is 0.201 e. The van der Waals surface area contributed by atoms with Crippen LogP contribution < -0.4 is 4.74 Å². The predicted molar refractivity (Wildman–Crippen MR) is 76.1 cm³/mol. The Morgan fingerprint density at radius 1 is 1.37 bits per heavy atom. The predicted octanol–water partition coefficient (Wildman–Crippen LogP) is 3.50. The van der Waals surface area contributed by atoms with Gasteiger partial charge in [-0.2, -0.15) is 0 Å². The lowest BCUT2D eigenvalue weighted by Gasteiger charge is -2.07. The minimum atomic E-state index is -0.0337. The molecule has 0 radical (unpaired) electrons. The summed E-state index contributed by atoms with van der Waals surface area (Å²) in [6.45, 7) is 2.06. The summed E-state index contributed by atoms with van der Waals surface area (Å²) in [5.41, 5.74) is 1.68. The fraction of sp³-hybridized carbons (Fsp3) is 0.267. The van der Waals surface area contributed by atoms with Gasteiger partial charge < -0.3 is 9.30 Å². The van der Waals surface area contributed by atoms with Crippen LogP contribution in [0.1, 0.15) is 22.8 Å². The minimum Gasteiger partial charge on any atom is -0.485 e. The summed E-state index contributed by atoms with van der Waals surface area (Å²) >= 11 is 6.03. The molecular formula is C15H16ClNO2. The smallest absolute Gasteiger partial charge is 0.201 e. The normalized spacial score (nSPS) is 10.5. The lowest BCUT2D eigenvalue weighted by Crippen LogP contribution is -2.11. The van der Waals surface area contributed by atoms with Crippen molar-refractivity contribution < 1.29 is 9.53 Å². The van der Waals surface area contributed by atoms with Crippen molar-refractivity contribution in [2.24, 2.45) is 7.05 Å². The molecule has 0 bridgehead atoms. The van der Waals surface area contributed by atoms with Crippen molar-refractivity contribution in [2.75, 3.05) is 6.61 Å². The number of nitrogens with zero attached hydrogens (tertiary/aromatic N) is 1. The van der Waals surface area contributed by atoms with Crippen molar-refractivity contribution in [3.8, 4) is 5.75 Å². The molecular weight excluding hydrogens is 262 g/mol. The quantitative estimate of drug-likeness (QED) is 0.783. The van der Waals surface area contributed by atoms with E-state index in [4.69, 9.17) is 16.3 Å². The Morgan fingerprint density at radius 2 is 2.16 bits per heavy atom. The Hall–Kier alpha value is -1.74. The summed E-state index contributed by atoms with van der Waals surface area (Å²) in [6.07, 6.45) is 4.46. The van der Waals surface area contributed by atoms with Gasteiger partial charge in [-0.25, -0.2) is 0 Å². The van der Waals surface area contributed by atoms with E-state index in [2.05, 4.69) is 0 Å². The number of hydrogen-bond acceptors (Lipinski definition) is 2. The Bertz CT molecular complexity index is 590. The molecule has 0 amide bonds. The average Bonchev–Trinajstić information content (AvgIpc) is 2.84. The van der Waals surface area contributed by atoms with E-state index in [0.29, 0.717) is 11.3 Å². The molecule has 100 valence electrons. The molecule has 0 N–H and O–H groups in total. The number of Topliss-reactive ketones (excluding diaryl/α,β-unsaturated/α-hetero) is 1. The van der Waals surface area contributed by atoms with Gasteiger partial charge in [-0.15, -0.1) is 0 Å². The zero-order valence-corrected chi connectivity index (χ0v) is 11.8. The monoisotopic (exact) mass is 277 g/mol. The second kappa shape index (κ2) is 5.93. The first kappa shape index (κ1) is 13.7. The van der Waals surface area contributed by atoms with Crippen LogP contribution in [0.5, 0.6) is 5.75 Å². The minimum absolute atomic E-state index is 0.0337. The summed E-state index contributed by atoms with van der Waals surface area (Å²) < 4.78 is 7.35. The lowest BCUT2D eigenvalue weighted by molar-refractivity contribution is 0.0921. The van der Waals surface area contributed by atoms with E-state index in [1.54, 1.807) is 24.4 Å². The fourth-order valence-corrected chi connectivity index (χ4v) is 2.06. The number of halogens is 1. The van der Waals surface area contributed by atoms with E-state index in [-0.39, 0.29) is 12.4 Å². The summed E-state index contributed by atoms with van der Waals surface area (Å²) in [4.78, 5) is 11.9. The third-order valence-electron chi connectivity index (χ3n) is 2.92. The molecule has 0 aliphatic rings. The Kier molecular flexibility index (Phi) is 4.27. The summed E-state index contributed by atoms with van der Waals surface area (Å²) in [6, 6.07) is 7.23. The number of carbonyl (C=O) groups excluding carboxylic acids is 1. The number of ether oxygens (including phenoxy) is 1. The van der Waals surface area contributed by atoms with Crippen molar-refractivity contribution in [2.45, 2.75) is 13.3 Å². The van der Waals surface area contributed by atoms with Crippen molar-refractivity contribution >= 4 is 17.4 Å². The van der Waals surface area contributed by atoms with Gasteiger partial charge >= 0.3 is 0 Å². The van der Waals surface area contributed by atoms with Crippen LogP contribution in [0.2, 0.25) is 5.02 Å². The van der Waals surface area contributed by atoms with Crippen LogP contribution in [0.4, 0.5) is 0 Å². The van der Waals surface area contributed by atoms with Crippen molar-refractivity contribution in [1.29, 1.82) is 0 Å². The van der Waals surface area contributed by atoms with Gasteiger partial charge in [0.25, 0.3) is 0 Å². The van der Waals surface area contributed by atoms with Crippen molar-refractivity contribution in [3.63, 3.8) is 0 Å². The summed E-state index contributed by atoms with van der Waals surface area (Å²) in [7, 11) is 1.88. The van der Waals surface area contributed by atoms with Crippen molar-refractivity contribution in [3.05, 3.63) is 52.8 Å². The number of rotatable bonds is 5. The molecule has 0 saturated heterocycles. The Morgan fingerprint density at radius 3 is 2.79 bits per heavy atom. The van der Waals surface area contributed by atoms with E-state index in [0.717, 1.165) is 17.0 Å². The highest BCUT2D eigenvalue weighted by Gasteiger charge is 2.08. The van der Waals surface area contributed by atoms with E-state index in [1.165, 1.54) is 0 Å². The fourth-order valence-electron chi connectivity index (χ4n) is 1.81. The number of aromatic nitrogens is 1. The highest BCUT2D eigenvalue weighted by molar-refractivity contribution is 6.31. The van der Waals surface area contributed by atoms with Crippen molar-refractivity contribution in [1.82, 2.24) is 4.57 Å². The zero-order chi connectivity index (χ0) is 13.8. The molecule has 0 aliphatic carbocycles. The molecule has 0 unspecified atom stereocenters. The summed E-state index contributed by atoms with van der Waals surface area (Å²) in [5.74, 6) is 0.638. The van der Waals surface area contributed by atoms with E-state index < -0.39 is 0 Å². The van der Waals surface area contributed by atoms with Crippen LogP contribution in [0.25, 0.3) is 0 Å². The molecule has 2 aromatic rings.